The van der Waals surface area contributed by atoms with E-state index < -0.39 is 0 Å². The third-order valence-electron chi connectivity index (χ3n) is 4.36. The molecule has 1 unspecified atom stereocenters. The van der Waals surface area contributed by atoms with Crippen LogP contribution in [0.2, 0.25) is 0 Å². The molecule has 0 aromatic carbocycles. The Labute approximate surface area is 107 Å². The molecule has 0 aromatic rings. The molecule has 98 valence electrons. The van der Waals surface area contributed by atoms with Crippen molar-refractivity contribution in [2.75, 3.05) is 6.61 Å². The Bertz CT molecular complexity index is 254. The zero-order chi connectivity index (χ0) is 11.9. The second-order valence-corrected chi connectivity index (χ2v) is 5.82. The third-order valence-corrected chi connectivity index (χ3v) is 4.36. The van der Waals surface area contributed by atoms with Gasteiger partial charge in [-0.15, -0.1) is 0 Å². The second-order valence-electron chi connectivity index (χ2n) is 5.82. The Morgan fingerprint density at radius 2 is 1.53 bits per heavy atom. The van der Waals surface area contributed by atoms with Crippen LogP contribution in [0.1, 0.15) is 77.6 Å². The first-order valence-electron chi connectivity index (χ1n) is 7.72. The van der Waals surface area contributed by atoms with Crippen LogP contribution in [0.25, 0.3) is 0 Å². The molecular formula is C16H28O. The minimum absolute atomic E-state index is 0.768. The van der Waals surface area contributed by atoms with E-state index in [1.165, 1.54) is 76.4 Å². The summed E-state index contributed by atoms with van der Waals surface area (Å²) in [5.74, 6) is 2.15. The van der Waals surface area contributed by atoms with E-state index >= 15 is 0 Å². The molecule has 2 aliphatic rings. The molecule has 1 heteroatoms. The van der Waals surface area contributed by atoms with E-state index in [0.29, 0.717) is 0 Å². The molecule has 0 radical (unpaired) electrons. The van der Waals surface area contributed by atoms with E-state index in [-0.39, 0.29) is 0 Å². The number of hydrogen-bond donors (Lipinski definition) is 0. The fraction of sp³-hybridized carbons (Fsp3) is 0.875. The van der Waals surface area contributed by atoms with Gasteiger partial charge in [-0.2, -0.15) is 0 Å². The zero-order valence-electron chi connectivity index (χ0n) is 11.5. The van der Waals surface area contributed by atoms with Crippen LogP contribution in [0.4, 0.5) is 0 Å². The predicted molar refractivity (Wildman–Crippen MR) is 72.9 cm³/mol. The zero-order valence-corrected chi connectivity index (χ0v) is 11.5. The Hall–Kier alpha value is -0.460. The van der Waals surface area contributed by atoms with Gasteiger partial charge >= 0.3 is 0 Å². The largest absolute Gasteiger partial charge is 0.498 e. The summed E-state index contributed by atoms with van der Waals surface area (Å²) in [6.45, 7) is 3.38. The molecular weight excluding hydrogens is 208 g/mol. The number of rotatable bonds is 0. The Morgan fingerprint density at radius 1 is 0.824 bits per heavy atom. The summed E-state index contributed by atoms with van der Waals surface area (Å²) in [5.41, 5.74) is 1.66. The van der Waals surface area contributed by atoms with Gasteiger partial charge in [-0.3, -0.25) is 0 Å². The molecule has 1 heterocycles. The lowest BCUT2D eigenvalue weighted by atomic mass is 9.88. The van der Waals surface area contributed by atoms with Crippen molar-refractivity contribution in [3.05, 3.63) is 11.3 Å². The highest BCUT2D eigenvalue weighted by atomic mass is 16.5. The average Bonchev–Trinajstić information content (AvgIpc) is 2.35. The van der Waals surface area contributed by atoms with Gasteiger partial charge in [0.2, 0.25) is 0 Å². The Balaban J connectivity index is 2.00. The highest BCUT2D eigenvalue weighted by Gasteiger charge is 2.19. The summed E-state index contributed by atoms with van der Waals surface area (Å²) in [7, 11) is 0. The molecule has 0 fully saturated rings. The van der Waals surface area contributed by atoms with E-state index in [0.717, 1.165) is 12.5 Å². The van der Waals surface area contributed by atoms with Crippen molar-refractivity contribution < 1.29 is 4.74 Å². The topological polar surface area (TPSA) is 9.23 Å². The maximum absolute atomic E-state index is 5.94. The van der Waals surface area contributed by atoms with Gasteiger partial charge < -0.3 is 4.74 Å². The highest BCUT2D eigenvalue weighted by molar-refractivity contribution is 5.14. The maximum atomic E-state index is 5.94. The first kappa shape index (κ1) is 13.0. The molecule has 0 bridgehead atoms. The summed E-state index contributed by atoms with van der Waals surface area (Å²) in [4.78, 5) is 0. The van der Waals surface area contributed by atoms with Gasteiger partial charge in [0.15, 0.2) is 0 Å². The van der Waals surface area contributed by atoms with Gasteiger partial charge in [0.05, 0.1) is 12.4 Å². The molecule has 0 saturated carbocycles. The van der Waals surface area contributed by atoms with Crippen LogP contribution in [0.15, 0.2) is 11.3 Å². The van der Waals surface area contributed by atoms with Crippen molar-refractivity contribution in [1.29, 1.82) is 0 Å². The van der Waals surface area contributed by atoms with E-state index in [4.69, 9.17) is 4.74 Å². The van der Waals surface area contributed by atoms with Gasteiger partial charge in [0.25, 0.3) is 0 Å². The second kappa shape index (κ2) is 7.08. The van der Waals surface area contributed by atoms with Crippen LogP contribution in [-0.4, -0.2) is 6.61 Å². The van der Waals surface area contributed by atoms with Crippen LogP contribution in [0.5, 0.6) is 0 Å². The quantitative estimate of drug-likeness (QED) is 0.561. The molecule has 0 aromatic heterocycles. The molecule has 1 aliphatic heterocycles. The minimum atomic E-state index is 0.768. The molecule has 0 saturated heterocycles. The van der Waals surface area contributed by atoms with Crippen LogP contribution in [0, 0.1) is 5.92 Å². The first-order valence-corrected chi connectivity index (χ1v) is 7.72. The summed E-state index contributed by atoms with van der Waals surface area (Å²) in [5, 5.41) is 0. The van der Waals surface area contributed by atoms with Gasteiger partial charge in [0.1, 0.15) is 0 Å². The van der Waals surface area contributed by atoms with Crippen molar-refractivity contribution in [1.82, 2.24) is 0 Å². The highest BCUT2D eigenvalue weighted by Crippen LogP contribution is 2.32. The third kappa shape index (κ3) is 4.04. The van der Waals surface area contributed by atoms with Gasteiger partial charge in [0, 0.05) is 6.42 Å². The van der Waals surface area contributed by atoms with Gasteiger partial charge in [-0.1, -0.05) is 45.4 Å². The van der Waals surface area contributed by atoms with Crippen LogP contribution in [0.3, 0.4) is 0 Å². The van der Waals surface area contributed by atoms with Gasteiger partial charge in [-0.05, 0) is 37.2 Å². The minimum Gasteiger partial charge on any atom is -0.498 e. The van der Waals surface area contributed by atoms with Crippen molar-refractivity contribution in [2.45, 2.75) is 77.6 Å². The maximum Gasteiger partial charge on any atom is 0.0954 e. The van der Waals surface area contributed by atoms with E-state index in [2.05, 4.69) is 6.92 Å². The molecule has 17 heavy (non-hydrogen) atoms. The molecule has 2 rings (SSSR count). The van der Waals surface area contributed by atoms with Crippen molar-refractivity contribution in [3.8, 4) is 0 Å². The lowest BCUT2D eigenvalue weighted by Crippen LogP contribution is -2.13. The average molecular weight is 236 g/mol. The number of allylic oxidation sites excluding steroid dienone is 2. The normalized spacial score (nSPS) is 28.6. The monoisotopic (exact) mass is 236 g/mol. The number of ether oxygens (including phenoxy) is 1. The van der Waals surface area contributed by atoms with Crippen molar-refractivity contribution in [2.24, 2.45) is 5.92 Å². The lowest BCUT2D eigenvalue weighted by molar-refractivity contribution is 0.168. The summed E-state index contributed by atoms with van der Waals surface area (Å²) >= 11 is 0. The summed E-state index contributed by atoms with van der Waals surface area (Å²) < 4.78 is 5.94. The summed E-state index contributed by atoms with van der Waals surface area (Å²) in [6, 6.07) is 0. The van der Waals surface area contributed by atoms with Gasteiger partial charge in [-0.25, -0.2) is 0 Å². The standard InChI is InChI=1S/C16H28O/c1-14-10-7-5-3-2-4-6-8-12-16-15(14)11-9-13-17-16/h14H,2-13H2,1H3. The van der Waals surface area contributed by atoms with Crippen LogP contribution in [-0.2, 0) is 4.74 Å². The molecule has 0 spiro atoms. The van der Waals surface area contributed by atoms with Crippen molar-refractivity contribution >= 4 is 0 Å². The predicted octanol–water partition coefficient (Wildman–Crippen LogP) is 5.21. The fourth-order valence-corrected chi connectivity index (χ4v) is 3.24. The first-order chi connectivity index (χ1) is 8.38. The van der Waals surface area contributed by atoms with Crippen LogP contribution >= 0.6 is 0 Å². The Kier molecular flexibility index (Phi) is 5.41. The van der Waals surface area contributed by atoms with Crippen LogP contribution < -0.4 is 0 Å². The van der Waals surface area contributed by atoms with E-state index in [1.807, 2.05) is 0 Å². The molecule has 0 N–H and O–H groups in total. The Morgan fingerprint density at radius 3 is 2.35 bits per heavy atom. The molecule has 1 nitrogen and oxygen atoms in total. The molecule has 1 aliphatic carbocycles. The lowest BCUT2D eigenvalue weighted by Gasteiger charge is -2.26. The summed E-state index contributed by atoms with van der Waals surface area (Å²) in [6.07, 6.45) is 15.0. The SMILES string of the molecule is CC1CCCCCCCCCC2=C1CCCO2. The smallest absolute Gasteiger partial charge is 0.0954 e. The molecule has 1 atom stereocenters. The van der Waals surface area contributed by atoms with E-state index in [1.54, 1.807) is 5.57 Å². The molecule has 0 amide bonds. The fourth-order valence-electron chi connectivity index (χ4n) is 3.24. The van der Waals surface area contributed by atoms with E-state index in [9.17, 15) is 0 Å². The van der Waals surface area contributed by atoms with Crippen molar-refractivity contribution in [3.63, 3.8) is 0 Å². The number of hydrogen-bond acceptors (Lipinski definition) is 1.